The number of hydrogen-bond acceptors (Lipinski definition) is 6. The molecule has 7 heteroatoms. The van der Waals surface area contributed by atoms with Gasteiger partial charge in [0.25, 0.3) is 0 Å². The number of aromatic nitrogens is 3. The number of amides is 1. The number of rotatable bonds is 6. The maximum Gasteiger partial charge on any atom is 0.236 e. The van der Waals surface area contributed by atoms with E-state index >= 15 is 0 Å². The van der Waals surface area contributed by atoms with Crippen LogP contribution in [0, 0.1) is 6.92 Å². The summed E-state index contributed by atoms with van der Waals surface area (Å²) in [6, 6.07) is 20.5. The molecule has 0 atom stereocenters. The lowest BCUT2D eigenvalue weighted by Crippen LogP contribution is -2.14. The SMILES string of the molecule is Cc1nnc(NC(=O)CSc2nc3ccccc3cc2Cc2ccccc2)s1. The molecule has 1 amide bonds. The van der Waals surface area contributed by atoms with E-state index in [1.165, 1.54) is 28.7 Å². The maximum atomic E-state index is 12.3. The lowest BCUT2D eigenvalue weighted by Gasteiger charge is -2.11. The molecular formula is C21H18N4OS2. The Bertz CT molecular complexity index is 1110. The van der Waals surface area contributed by atoms with Crippen molar-refractivity contribution in [2.45, 2.75) is 18.4 Å². The Morgan fingerprint density at radius 3 is 2.64 bits per heavy atom. The van der Waals surface area contributed by atoms with Gasteiger partial charge in [-0.3, -0.25) is 10.1 Å². The first-order valence-electron chi connectivity index (χ1n) is 8.83. The van der Waals surface area contributed by atoms with Crippen LogP contribution in [-0.2, 0) is 11.2 Å². The Morgan fingerprint density at radius 1 is 1.07 bits per heavy atom. The second-order valence-corrected chi connectivity index (χ2v) is 8.42. The van der Waals surface area contributed by atoms with E-state index in [9.17, 15) is 4.79 Å². The molecule has 0 unspecified atom stereocenters. The molecule has 1 N–H and O–H groups in total. The van der Waals surface area contributed by atoms with Gasteiger partial charge in [-0.1, -0.05) is 71.6 Å². The molecule has 2 aromatic heterocycles. The number of anilines is 1. The molecule has 140 valence electrons. The Kier molecular flexibility index (Phi) is 5.64. The molecule has 0 spiro atoms. The summed E-state index contributed by atoms with van der Waals surface area (Å²) in [5.41, 5.74) is 3.27. The van der Waals surface area contributed by atoms with Crippen LogP contribution in [0.15, 0.2) is 65.7 Å². The molecule has 4 aromatic rings. The van der Waals surface area contributed by atoms with Gasteiger partial charge in [-0.2, -0.15) is 0 Å². The number of nitrogens with zero attached hydrogens (tertiary/aromatic N) is 3. The van der Waals surface area contributed by atoms with E-state index in [1.54, 1.807) is 0 Å². The van der Waals surface area contributed by atoms with Gasteiger partial charge in [-0.15, -0.1) is 10.2 Å². The van der Waals surface area contributed by atoms with Crippen molar-refractivity contribution in [1.82, 2.24) is 15.2 Å². The fourth-order valence-electron chi connectivity index (χ4n) is 2.85. The number of carbonyl (C=O) groups excluding carboxylic acids is 1. The molecule has 0 bridgehead atoms. The summed E-state index contributed by atoms with van der Waals surface area (Å²) in [5, 5.41) is 14.0. The topological polar surface area (TPSA) is 67.8 Å². The number of benzene rings is 2. The fraction of sp³-hybridized carbons (Fsp3) is 0.143. The molecule has 2 aromatic carbocycles. The number of carbonyl (C=O) groups is 1. The first-order chi connectivity index (χ1) is 13.7. The molecular weight excluding hydrogens is 388 g/mol. The van der Waals surface area contributed by atoms with Crippen molar-refractivity contribution < 1.29 is 4.79 Å². The number of aryl methyl sites for hydroxylation is 1. The Labute approximate surface area is 171 Å². The van der Waals surface area contributed by atoms with Crippen LogP contribution in [0.4, 0.5) is 5.13 Å². The van der Waals surface area contributed by atoms with Gasteiger partial charge >= 0.3 is 0 Å². The van der Waals surface area contributed by atoms with Gasteiger partial charge in [-0.05, 0) is 30.2 Å². The van der Waals surface area contributed by atoms with Crippen LogP contribution in [0.25, 0.3) is 10.9 Å². The monoisotopic (exact) mass is 406 g/mol. The van der Waals surface area contributed by atoms with Crippen molar-refractivity contribution in [3.63, 3.8) is 0 Å². The summed E-state index contributed by atoms with van der Waals surface area (Å²) >= 11 is 2.81. The Hall–Kier alpha value is -2.77. The van der Waals surface area contributed by atoms with E-state index in [4.69, 9.17) is 4.98 Å². The van der Waals surface area contributed by atoms with Gasteiger partial charge in [0.05, 0.1) is 11.3 Å². The minimum Gasteiger partial charge on any atom is -0.300 e. The van der Waals surface area contributed by atoms with Crippen LogP contribution in [0.3, 0.4) is 0 Å². The molecule has 0 saturated heterocycles. The van der Waals surface area contributed by atoms with E-state index in [0.717, 1.165) is 32.9 Å². The quantitative estimate of drug-likeness (QED) is 0.470. The summed E-state index contributed by atoms with van der Waals surface area (Å²) < 4.78 is 0. The Morgan fingerprint density at radius 2 is 1.86 bits per heavy atom. The minimum absolute atomic E-state index is 0.109. The van der Waals surface area contributed by atoms with Crippen LogP contribution < -0.4 is 5.32 Å². The summed E-state index contributed by atoms with van der Waals surface area (Å²) in [5.74, 6) is 0.160. The lowest BCUT2D eigenvalue weighted by atomic mass is 10.0. The second kappa shape index (κ2) is 8.50. The summed E-state index contributed by atoms with van der Waals surface area (Å²) in [4.78, 5) is 17.1. The number of hydrogen-bond donors (Lipinski definition) is 1. The van der Waals surface area contributed by atoms with Crippen LogP contribution in [0.2, 0.25) is 0 Å². The highest BCUT2D eigenvalue weighted by Gasteiger charge is 2.12. The largest absolute Gasteiger partial charge is 0.300 e. The third-order valence-corrected chi connectivity index (χ3v) is 5.90. The van der Waals surface area contributed by atoms with Gasteiger partial charge in [0.15, 0.2) is 0 Å². The predicted octanol–water partition coefficient (Wildman–Crippen LogP) is 4.72. The Balaban J connectivity index is 1.55. The number of nitrogens with one attached hydrogen (secondary N) is 1. The molecule has 0 aliphatic carbocycles. The van der Waals surface area contributed by atoms with Gasteiger partial charge in [0.1, 0.15) is 10.0 Å². The molecule has 2 heterocycles. The van der Waals surface area contributed by atoms with Crippen molar-refractivity contribution in [1.29, 1.82) is 0 Å². The standard InChI is InChI=1S/C21H18N4OS2/c1-14-24-25-21(28-14)23-19(26)13-27-20-17(11-15-7-3-2-4-8-15)12-16-9-5-6-10-18(16)22-20/h2-10,12H,11,13H2,1H3,(H,23,25,26). The van der Waals surface area contributed by atoms with Crippen molar-refractivity contribution in [2.24, 2.45) is 0 Å². The fourth-order valence-corrected chi connectivity index (χ4v) is 4.27. The van der Waals surface area contributed by atoms with Gasteiger partial charge in [-0.25, -0.2) is 4.98 Å². The van der Waals surface area contributed by atoms with Gasteiger partial charge in [0, 0.05) is 11.8 Å². The highest BCUT2D eigenvalue weighted by Crippen LogP contribution is 2.27. The molecule has 0 saturated carbocycles. The van der Waals surface area contributed by atoms with Crippen LogP contribution in [-0.4, -0.2) is 26.8 Å². The van der Waals surface area contributed by atoms with E-state index < -0.39 is 0 Å². The molecule has 0 aliphatic heterocycles. The average molecular weight is 407 g/mol. The second-order valence-electron chi connectivity index (χ2n) is 6.27. The zero-order chi connectivity index (χ0) is 19.3. The molecule has 28 heavy (non-hydrogen) atoms. The maximum absolute atomic E-state index is 12.3. The number of para-hydroxylation sites is 1. The third-order valence-electron chi connectivity index (χ3n) is 4.11. The van der Waals surface area contributed by atoms with Crippen LogP contribution >= 0.6 is 23.1 Å². The van der Waals surface area contributed by atoms with Crippen LogP contribution in [0.5, 0.6) is 0 Å². The summed E-state index contributed by atoms with van der Waals surface area (Å²) in [7, 11) is 0. The van der Waals surface area contributed by atoms with Crippen molar-refractivity contribution in [3.05, 3.63) is 76.8 Å². The predicted molar refractivity (Wildman–Crippen MR) is 115 cm³/mol. The summed E-state index contributed by atoms with van der Waals surface area (Å²) in [6.07, 6.45) is 0.776. The van der Waals surface area contributed by atoms with Gasteiger partial charge in [0.2, 0.25) is 11.0 Å². The number of fused-ring (bicyclic) bond motifs is 1. The molecule has 0 fully saturated rings. The van der Waals surface area contributed by atoms with Gasteiger partial charge < -0.3 is 0 Å². The zero-order valence-electron chi connectivity index (χ0n) is 15.3. The van der Waals surface area contributed by atoms with E-state index in [1.807, 2.05) is 43.3 Å². The molecule has 0 radical (unpaired) electrons. The zero-order valence-corrected chi connectivity index (χ0v) is 16.9. The minimum atomic E-state index is -0.109. The third kappa shape index (κ3) is 4.55. The molecule has 5 nitrogen and oxygen atoms in total. The highest BCUT2D eigenvalue weighted by molar-refractivity contribution is 8.00. The van der Waals surface area contributed by atoms with E-state index in [2.05, 4.69) is 39.8 Å². The first-order valence-corrected chi connectivity index (χ1v) is 10.6. The molecule has 0 aliphatic rings. The van der Waals surface area contributed by atoms with Crippen molar-refractivity contribution in [2.75, 3.05) is 11.1 Å². The van der Waals surface area contributed by atoms with E-state index in [-0.39, 0.29) is 11.7 Å². The number of thioether (sulfide) groups is 1. The van der Waals surface area contributed by atoms with Crippen molar-refractivity contribution >= 4 is 45.0 Å². The van der Waals surface area contributed by atoms with Crippen molar-refractivity contribution in [3.8, 4) is 0 Å². The molecule has 4 rings (SSSR count). The average Bonchev–Trinajstić information content (AvgIpc) is 3.11. The summed E-state index contributed by atoms with van der Waals surface area (Å²) in [6.45, 7) is 1.86. The van der Waals surface area contributed by atoms with Crippen LogP contribution in [0.1, 0.15) is 16.1 Å². The van der Waals surface area contributed by atoms with E-state index in [0.29, 0.717) is 5.13 Å². The highest BCUT2D eigenvalue weighted by atomic mass is 32.2. The normalized spacial score (nSPS) is 10.9. The lowest BCUT2D eigenvalue weighted by molar-refractivity contribution is -0.113. The first kappa shape index (κ1) is 18.6. The smallest absolute Gasteiger partial charge is 0.236 e. The number of pyridine rings is 1.